The zero-order chi connectivity index (χ0) is 15.7. The first-order chi connectivity index (χ1) is 10.7. The molecule has 0 saturated heterocycles. The molecule has 0 saturated carbocycles. The number of para-hydroxylation sites is 1. The van der Waals surface area contributed by atoms with Crippen LogP contribution in [-0.2, 0) is 0 Å². The van der Waals surface area contributed by atoms with Crippen molar-refractivity contribution in [1.82, 2.24) is 14.5 Å². The summed E-state index contributed by atoms with van der Waals surface area (Å²) in [6.07, 6.45) is 3.23. The molecule has 0 amide bonds. The average molecular weight is 310 g/mol. The zero-order valence-electron chi connectivity index (χ0n) is 11.5. The molecule has 1 N–H and O–H groups in total. The van der Waals surface area contributed by atoms with E-state index in [1.54, 1.807) is 30.3 Å². The maximum absolute atomic E-state index is 12.5. The van der Waals surface area contributed by atoms with Gasteiger partial charge in [-0.3, -0.25) is 9.36 Å². The Labute approximate surface area is 129 Å². The summed E-state index contributed by atoms with van der Waals surface area (Å²) in [5.74, 6) is -0.387. The molecule has 0 fully saturated rings. The van der Waals surface area contributed by atoms with Crippen molar-refractivity contribution in [2.24, 2.45) is 0 Å². The van der Waals surface area contributed by atoms with Crippen LogP contribution in [0.3, 0.4) is 0 Å². The number of fused-ring (bicyclic) bond motifs is 1. The summed E-state index contributed by atoms with van der Waals surface area (Å²) < 4.78 is 1.31. The van der Waals surface area contributed by atoms with Crippen LogP contribution in [0.4, 0.5) is 0 Å². The Morgan fingerprint density at radius 1 is 1.32 bits per heavy atom. The molecule has 2 aromatic heterocycles. The lowest BCUT2D eigenvalue weighted by Gasteiger charge is -2.12. The summed E-state index contributed by atoms with van der Waals surface area (Å²) in [6, 6.07) is 10.6. The molecule has 22 heavy (non-hydrogen) atoms. The number of nitrogens with zero attached hydrogens (tertiary/aromatic N) is 4. The van der Waals surface area contributed by atoms with Crippen LogP contribution in [0.2, 0.25) is 0 Å². The average Bonchev–Trinajstić information content (AvgIpc) is 2.56. The number of thioether (sulfide) groups is 1. The highest BCUT2D eigenvalue weighted by atomic mass is 32.2. The summed E-state index contributed by atoms with van der Waals surface area (Å²) in [4.78, 5) is 21.0. The molecule has 0 spiro atoms. The summed E-state index contributed by atoms with van der Waals surface area (Å²) in [5, 5.41) is 20.0. The summed E-state index contributed by atoms with van der Waals surface area (Å²) in [6.45, 7) is 0. The standard InChI is InChI=1S/C15H10N4O2S/c1-22-15-17-8-11-12(20)10(7-16)14(21)19(13(11)18-15)9-5-3-2-4-6-9/h2-6,8,20H,1H3. The van der Waals surface area contributed by atoms with E-state index in [2.05, 4.69) is 9.97 Å². The van der Waals surface area contributed by atoms with Gasteiger partial charge in [-0.1, -0.05) is 30.0 Å². The minimum Gasteiger partial charge on any atom is -0.506 e. The molecule has 0 aliphatic carbocycles. The number of benzene rings is 1. The normalized spacial score (nSPS) is 10.5. The van der Waals surface area contributed by atoms with Gasteiger partial charge in [0, 0.05) is 6.20 Å². The molecular weight excluding hydrogens is 300 g/mol. The lowest BCUT2D eigenvalue weighted by Crippen LogP contribution is -2.22. The van der Waals surface area contributed by atoms with E-state index in [1.807, 2.05) is 12.3 Å². The first kappa shape index (κ1) is 14.1. The Morgan fingerprint density at radius 3 is 2.68 bits per heavy atom. The van der Waals surface area contributed by atoms with Crippen LogP contribution < -0.4 is 5.56 Å². The molecule has 3 aromatic rings. The van der Waals surface area contributed by atoms with Gasteiger partial charge in [0.25, 0.3) is 5.56 Å². The van der Waals surface area contributed by atoms with Gasteiger partial charge in [-0.15, -0.1) is 0 Å². The Bertz CT molecular complexity index is 961. The monoisotopic (exact) mass is 310 g/mol. The summed E-state index contributed by atoms with van der Waals surface area (Å²) in [5.41, 5.74) is -0.0897. The van der Waals surface area contributed by atoms with Crippen molar-refractivity contribution >= 4 is 22.8 Å². The molecule has 1 aromatic carbocycles. The number of hydrogen-bond donors (Lipinski definition) is 1. The maximum atomic E-state index is 12.5. The van der Waals surface area contributed by atoms with Crippen molar-refractivity contribution in [3.8, 4) is 17.5 Å². The van der Waals surface area contributed by atoms with E-state index in [-0.39, 0.29) is 22.3 Å². The number of rotatable bonds is 2. The van der Waals surface area contributed by atoms with Gasteiger partial charge in [-0.05, 0) is 18.4 Å². The van der Waals surface area contributed by atoms with Crippen molar-refractivity contribution < 1.29 is 5.11 Å². The fraction of sp³-hybridized carbons (Fsp3) is 0.0667. The predicted molar refractivity (Wildman–Crippen MR) is 83.3 cm³/mol. The van der Waals surface area contributed by atoms with Crippen molar-refractivity contribution in [3.05, 3.63) is 52.4 Å². The fourth-order valence-corrected chi connectivity index (χ4v) is 2.49. The van der Waals surface area contributed by atoms with Gasteiger partial charge in [0.15, 0.2) is 22.1 Å². The quantitative estimate of drug-likeness (QED) is 0.575. The number of aromatic hydroxyl groups is 1. The molecule has 0 atom stereocenters. The minimum atomic E-state index is -0.607. The van der Waals surface area contributed by atoms with Crippen LogP contribution in [0.15, 0.2) is 46.5 Å². The first-order valence-electron chi connectivity index (χ1n) is 6.31. The largest absolute Gasteiger partial charge is 0.506 e. The van der Waals surface area contributed by atoms with Crippen LogP contribution in [0.1, 0.15) is 5.56 Å². The Kier molecular flexibility index (Phi) is 3.53. The fourth-order valence-electron chi connectivity index (χ4n) is 2.15. The highest BCUT2D eigenvalue weighted by Crippen LogP contribution is 2.27. The molecule has 108 valence electrons. The maximum Gasteiger partial charge on any atom is 0.278 e. The molecule has 0 radical (unpaired) electrons. The Balaban J connectivity index is 2.53. The van der Waals surface area contributed by atoms with Gasteiger partial charge in [0.05, 0.1) is 11.1 Å². The summed E-state index contributed by atoms with van der Waals surface area (Å²) >= 11 is 1.32. The molecule has 3 rings (SSSR count). The van der Waals surface area contributed by atoms with Crippen molar-refractivity contribution in [2.45, 2.75) is 5.16 Å². The number of hydrogen-bond acceptors (Lipinski definition) is 6. The van der Waals surface area contributed by atoms with Crippen molar-refractivity contribution in [3.63, 3.8) is 0 Å². The van der Waals surface area contributed by atoms with Gasteiger partial charge in [0.2, 0.25) is 0 Å². The Hall–Kier alpha value is -2.85. The SMILES string of the molecule is CSc1ncc2c(O)c(C#N)c(=O)n(-c3ccccc3)c2n1. The second-order valence-corrected chi connectivity index (χ2v) is 5.18. The van der Waals surface area contributed by atoms with E-state index in [9.17, 15) is 9.90 Å². The third-order valence-electron chi connectivity index (χ3n) is 3.18. The molecule has 0 aliphatic heterocycles. The van der Waals surface area contributed by atoms with E-state index in [0.717, 1.165) is 0 Å². The third kappa shape index (κ3) is 2.10. The van der Waals surface area contributed by atoms with E-state index in [4.69, 9.17) is 5.26 Å². The second-order valence-electron chi connectivity index (χ2n) is 4.41. The van der Waals surface area contributed by atoms with Crippen LogP contribution in [0.5, 0.6) is 5.75 Å². The van der Waals surface area contributed by atoms with Gasteiger partial charge in [-0.2, -0.15) is 5.26 Å². The molecule has 0 aliphatic rings. The second kappa shape index (κ2) is 5.50. The van der Waals surface area contributed by atoms with Crippen molar-refractivity contribution in [1.29, 1.82) is 5.26 Å². The topological polar surface area (TPSA) is 91.8 Å². The molecule has 0 unspecified atom stereocenters. The lowest BCUT2D eigenvalue weighted by atomic mass is 10.2. The van der Waals surface area contributed by atoms with Gasteiger partial charge in [-0.25, -0.2) is 9.97 Å². The number of pyridine rings is 1. The highest BCUT2D eigenvalue weighted by Gasteiger charge is 2.19. The van der Waals surface area contributed by atoms with Crippen LogP contribution in [-0.4, -0.2) is 25.9 Å². The number of nitriles is 1. The van der Waals surface area contributed by atoms with Crippen LogP contribution in [0.25, 0.3) is 16.7 Å². The third-order valence-corrected chi connectivity index (χ3v) is 3.74. The van der Waals surface area contributed by atoms with Gasteiger partial charge >= 0.3 is 0 Å². The highest BCUT2D eigenvalue weighted by molar-refractivity contribution is 7.98. The Morgan fingerprint density at radius 2 is 2.05 bits per heavy atom. The van der Waals surface area contributed by atoms with E-state index < -0.39 is 5.56 Å². The lowest BCUT2D eigenvalue weighted by molar-refractivity contribution is 0.477. The van der Waals surface area contributed by atoms with Crippen molar-refractivity contribution in [2.75, 3.05) is 6.26 Å². The smallest absolute Gasteiger partial charge is 0.278 e. The first-order valence-corrected chi connectivity index (χ1v) is 7.54. The van der Waals surface area contributed by atoms with Crippen LogP contribution >= 0.6 is 11.8 Å². The minimum absolute atomic E-state index is 0.262. The molecular formula is C15H10N4O2S. The van der Waals surface area contributed by atoms with E-state index in [0.29, 0.717) is 10.8 Å². The summed E-state index contributed by atoms with van der Waals surface area (Å²) in [7, 11) is 0. The van der Waals surface area contributed by atoms with Gasteiger partial charge in [0.1, 0.15) is 6.07 Å². The van der Waals surface area contributed by atoms with Gasteiger partial charge < -0.3 is 5.11 Å². The molecule has 2 heterocycles. The predicted octanol–water partition coefficient (Wildman–Crippen LogP) is 2.08. The molecule has 7 heteroatoms. The van der Waals surface area contributed by atoms with E-state index in [1.165, 1.54) is 22.5 Å². The van der Waals surface area contributed by atoms with E-state index >= 15 is 0 Å². The molecule has 0 bridgehead atoms. The molecule has 6 nitrogen and oxygen atoms in total. The number of aromatic nitrogens is 3. The van der Waals surface area contributed by atoms with Crippen LogP contribution in [0, 0.1) is 11.3 Å². The zero-order valence-corrected chi connectivity index (χ0v) is 12.3.